The fraction of sp³-hybridized carbons (Fsp3) is 0.312. The lowest BCUT2D eigenvalue weighted by molar-refractivity contribution is 0.583. The van der Waals surface area contributed by atoms with E-state index in [0.717, 1.165) is 12.2 Å². The predicted octanol–water partition coefficient (Wildman–Crippen LogP) is 4.83. The van der Waals surface area contributed by atoms with Crippen molar-refractivity contribution in [3.63, 3.8) is 0 Å². The number of aryl methyl sites for hydroxylation is 2. The monoisotopic (exact) mass is 302 g/mol. The largest absolute Gasteiger partial charge is 0.304 e. The topological polar surface area (TPSA) is 24.9 Å². The number of benzene rings is 1. The number of thiophene rings is 1. The molecule has 0 bridgehead atoms. The molecule has 0 saturated heterocycles. The van der Waals surface area contributed by atoms with Gasteiger partial charge < -0.3 is 5.32 Å². The molecule has 2 heterocycles. The first-order valence-electron chi connectivity index (χ1n) is 6.77. The zero-order valence-electron chi connectivity index (χ0n) is 11.9. The standard InChI is InChI=1S/C16H18N2S2/c1-10-13-6-4-5-7-14(13)20-16(10)12(3)17-8-15-11(2)18-9-19-15/h4-7,9,12,17H,8H2,1-3H3. The molecule has 0 aliphatic rings. The smallest absolute Gasteiger partial charge is 0.0798 e. The summed E-state index contributed by atoms with van der Waals surface area (Å²) in [6, 6.07) is 9.01. The third kappa shape index (κ3) is 2.51. The second-order valence-electron chi connectivity index (χ2n) is 5.05. The van der Waals surface area contributed by atoms with E-state index in [1.54, 1.807) is 11.3 Å². The summed E-state index contributed by atoms with van der Waals surface area (Å²) in [4.78, 5) is 7.07. The molecule has 0 amide bonds. The van der Waals surface area contributed by atoms with Gasteiger partial charge in [-0.1, -0.05) is 18.2 Å². The van der Waals surface area contributed by atoms with Gasteiger partial charge in [-0.3, -0.25) is 0 Å². The molecule has 0 radical (unpaired) electrons. The summed E-state index contributed by atoms with van der Waals surface area (Å²) in [5.41, 5.74) is 4.47. The number of thiazole rings is 1. The van der Waals surface area contributed by atoms with Crippen molar-refractivity contribution in [3.8, 4) is 0 Å². The van der Waals surface area contributed by atoms with Crippen LogP contribution in [0.5, 0.6) is 0 Å². The van der Waals surface area contributed by atoms with Gasteiger partial charge in [-0.15, -0.1) is 22.7 Å². The number of nitrogens with one attached hydrogen (secondary N) is 1. The van der Waals surface area contributed by atoms with Crippen LogP contribution >= 0.6 is 22.7 Å². The van der Waals surface area contributed by atoms with E-state index < -0.39 is 0 Å². The highest BCUT2D eigenvalue weighted by atomic mass is 32.1. The SMILES string of the molecule is Cc1ncsc1CNC(C)c1sc2ccccc2c1C. The Morgan fingerprint density at radius 1 is 1.25 bits per heavy atom. The first kappa shape index (κ1) is 13.7. The molecule has 3 rings (SSSR count). The van der Waals surface area contributed by atoms with Crippen molar-refractivity contribution >= 4 is 32.8 Å². The van der Waals surface area contributed by atoms with Crippen molar-refractivity contribution in [2.75, 3.05) is 0 Å². The molecule has 3 aromatic rings. The number of aromatic nitrogens is 1. The van der Waals surface area contributed by atoms with Crippen molar-refractivity contribution in [2.45, 2.75) is 33.4 Å². The zero-order valence-corrected chi connectivity index (χ0v) is 13.6. The van der Waals surface area contributed by atoms with Gasteiger partial charge in [0.05, 0.1) is 11.2 Å². The Labute approximate surface area is 127 Å². The van der Waals surface area contributed by atoms with Crippen LogP contribution in [-0.4, -0.2) is 4.98 Å². The minimum absolute atomic E-state index is 0.369. The van der Waals surface area contributed by atoms with E-state index >= 15 is 0 Å². The fourth-order valence-corrected chi connectivity index (χ4v) is 4.41. The molecule has 2 nitrogen and oxygen atoms in total. The van der Waals surface area contributed by atoms with E-state index in [9.17, 15) is 0 Å². The molecular weight excluding hydrogens is 284 g/mol. The van der Waals surface area contributed by atoms with Gasteiger partial charge in [0.25, 0.3) is 0 Å². The Kier molecular flexibility index (Phi) is 3.87. The fourth-order valence-electron chi connectivity index (χ4n) is 2.44. The minimum Gasteiger partial charge on any atom is -0.304 e. The lowest BCUT2D eigenvalue weighted by Gasteiger charge is -2.13. The molecule has 104 valence electrons. The van der Waals surface area contributed by atoms with Gasteiger partial charge in [0.15, 0.2) is 0 Å². The van der Waals surface area contributed by atoms with Crippen LogP contribution in [-0.2, 0) is 6.54 Å². The summed E-state index contributed by atoms with van der Waals surface area (Å²) in [6.45, 7) is 7.44. The number of hydrogen-bond acceptors (Lipinski definition) is 4. The Bertz CT molecular complexity index is 727. The van der Waals surface area contributed by atoms with Crippen molar-refractivity contribution in [1.29, 1.82) is 0 Å². The van der Waals surface area contributed by atoms with Crippen LogP contribution in [0.2, 0.25) is 0 Å². The maximum atomic E-state index is 4.30. The predicted molar refractivity (Wildman–Crippen MR) is 88.7 cm³/mol. The van der Waals surface area contributed by atoms with Gasteiger partial charge in [-0.2, -0.15) is 0 Å². The molecule has 0 aliphatic heterocycles. The third-order valence-corrected chi connectivity index (χ3v) is 6.08. The van der Waals surface area contributed by atoms with Crippen molar-refractivity contribution in [2.24, 2.45) is 0 Å². The number of hydrogen-bond donors (Lipinski definition) is 1. The second kappa shape index (κ2) is 5.64. The molecule has 1 unspecified atom stereocenters. The number of fused-ring (bicyclic) bond motifs is 1. The normalized spacial score (nSPS) is 12.9. The third-order valence-electron chi connectivity index (χ3n) is 3.69. The quantitative estimate of drug-likeness (QED) is 0.747. The van der Waals surface area contributed by atoms with E-state index in [-0.39, 0.29) is 0 Å². The molecule has 1 aromatic carbocycles. The summed E-state index contributed by atoms with van der Waals surface area (Å²) >= 11 is 3.62. The van der Waals surface area contributed by atoms with Crippen molar-refractivity contribution in [3.05, 3.63) is 50.8 Å². The van der Waals surface area contributed by atoms with Gasteiger partial charge in [-0.05, 0) is 37.8 Å². The lowest BCUT2D eigenvalue weighted by atomic mass is 10.1. The maximum Gasteiger partial charge on any atom is 0.0798 e. The molecule has 0 spiro atoms. The Morgan fingerprint density at radius 3 is 2.75 bits per heavy atom. The van der Waals surface area contributed by atoms with Crippen LogP contribution in [0, 0.1) is 13.8 Å². The van der Waals surface area contributed by atoms with Gasteiger partial charge in [0.2, 0.25) is 0 Å². The molecule has 0 aliphatic carbocycles. The average molecular weight is 302 g/mol. The van der Waals surface area contributed by atoms with E-state index in [2.05, 4.69) is 55.3 Å². The van der Waals surface area contributed by atoms with Gasteiger partial charge in [0.1, 0.15) is 0 Å². The van der Waals surface area contributed by atoms with Crippen LogP contribution in [0.3, 0.4) is 0 Å². The average Bonchev–Trinajstić information content (AvgIpc) is 3.01. The Hall–Kier alpha value is -1.23. The Morgan fingerprint density at radius 2 is 2.05 bits per heavy atom. The highest BCUT2D eigenvalue weighted by Crippen LogP contribution is 2.34. The van der Waals surface area contributed by atoms with Gasteiger partial charge in [-0.25, -0.2) is 4.98 Å². The molecule has 0 saturated carbocycles. The van der Waals surface area contributed by atoms with E-state index in [0.29, 0.717) is 6.04 Å². The number of nitrogens with zero attached hydrogens (tertiary/aromatic N) is 1. The van der Waals surface area contributed by atoms with Gasteiger partial charge in [0, 0.05) is 27.0 Å². The van der Waals surface area contributed by atoms with Crippen LogP contribution in [0.4, 0.5) is 0 Å². The number of rotatable bonds is 4. The highest BCUT2D eigenvalue weighted by molar-refractivity contribution is 7.19. The van der Waals surface area contributed by atoms with Gasteiger partial charge >= 0.3 is 0 Å². The zero-order chi connectivity index (χ0) is 14.1. The molecule has 4 heteroatoms. The summed E-state index contributed by atoms with van der Waals surface area (Å²) < 4.78 is 1.38. The summed E-state index contributed by atoms with van der Waals surface area (Å²) in [5.74, 6) is 0. The van der Waals surface area contributed by atoms with Crippen LogP contribution in [0.1, 0.15) is 34.0 Å². The Balaban J connectivity index is 1.80. The molecule has 2 aromatic heterocycles. The molecule has 20 heavy (non-hydrogen) atoms. The molecule has 1 N–H and O–H groups in total. The second-order valence-corrected chi connectivity index (χ2v) is 7.07. The van der Waals surface area contributed by atoms with Crippen molar-refractivity contribution in [1.82, 2.24) is 10.3 Å². The van der Waals surface area contributed by atoms with E-state index in [1.165, 1.54) is 25.4 Å². The van der Waals surface area contributed by atoms with E-state index in [1.807, 2.05) is 16.8 Å². The molecule has 0 fully saturated rings. The van der Waals surface area contributed by atoms with Crippen LogP contribution < -0.4 is 5.32 Å². The summed E-state index contributed by atoms with van der Waals surface area (Å²) in [7, 11) is 0. The minimum atomic E-state index is 0.369. The molecule has 1 atom stereocenters. The first-order valence-corrected chi connectivity index (χ1v) is 8.47. The summed E-state index contributed by atoms with van der Waals surface area (Å²) in [6.07, 6.45) is 0. The van der Waals surface area contributed by atoms with Crippen LogP contribution in [0.25, 0.3) is 10.1 Å². The maximum absolute atomic E-state index is 4.30. The summed E-state index contributed by atoms with van der Waals surface area (Å²) in [5, 5.41) is 5.01. The van der Waals surface area contributed by atoms with E-state index in [4.69, 9.17) is 0 Å². The van der Waals surface area contributed by atoms with Crippen molar-refractivity contribution < 1.29 is 0 Å². The molecular formula is C16H18N2S2. The first-order chi connectivity index (χ1) is 9.66. The highest BCUT2D eigenvalue weighted by Gasteiger charge is 2.14. The lowest BCUT2D eigenvalue weighted by Crippen LogP contribution is -2.17. The van der Waals surface area contributed by atoms with Crippen LogP contribution in [0.15, 0.2) is 29.8 Å².